The fraction of sp³-hybridized carbons (Fsp3) is 0.333. The third-order valence-electron chi connectivity index (χ3n) is 4.08. The number of anilines is 2. The minimum Gasteiger partial charge on any atom is -0.399 e. The molecule has 0 saturated carbocycles. The SMILES string of the molecule is Nc1ccc(CCCN2CCCc3ccccc32)cc1. The van der Waals surface area contributed by atoms with E-state index in [-0.39, 0.29) is 0 Å². The second-order valence-corrected chi connectivity index (χ2v) is 5.56. The summed E-state index contributed by atoms with van der Waals surface area (Å²) >= 11 is 0. The van der Waals surface area contributed by atoms with Crippen LogP contribution in [-0.4, -0.2) is 13.1 Å². The van der Waals surface area contributed by atoms with E-state index in [0.717, 1.165) is 18.7 Å². The Kier molecular flexibility index (Phi) is 3.91. The summed E-state index contributed by atoms with van der Waals surface area (Å²) in [6.07, 6.45) is 4.82. The highest BCUT2D eigenvalue weighted by molar-refractivity contribution is 5.55. The molecule has 0 spiro atoms. The van der Waals surface area contributed by atoms with Gasteiger partial charge in [-0.1, -0.05) is 30.3 Å². The van der Waals surface area contributed by atoms with Crippen LogP contribution in [0.1, 0.15) is 24.0 Å². The largest absolute Gasteiger partial charge is 0.399 e. The zero-order valence-corrected chi connectivity index (χ0v) is 11.9. The molecule has 2 aromatic carbocycles. The Morgan fingerprint density at radius 1 is 1.00 bits per heavy atom. The second-order valence-electron chi connectivity index (χ2n) is 5.56. The van der Waals surface area contributed by atoms with Gasteiger partial charge in [-0.2, -0.15) is 0 Å². The summed E-state index contributed by atoms with van der Waals surface area (Å²) in [7, 11) is 0. The lowest BCUT2D eigenvalue weighted by Gasteiger charge is -2.31. The molecule has 1 aliphatic rings. The van der Waals surface area contributed by atoms with Gasteiger partial charge in [-0.3, -0.25) is 0 Å². The van der Waals surface area contributed by atoms with Crippen LogP contribution in [-0.2, 0) is 12.8 Å². The summed E-state index contributed by atoms with van der Waals surface area (Å²) in [5, 5.41) is 0. The zero-order valence-electron chi connectivity index (χ0n) is 11.9. The van der Waals surface area contributed by atoms with Crippen molar-refractivity contribution >= 4 is 11.4 Å². The molecule has 0 radical (unpaired) electrons. The summed E-state index contributed by atoms with van der Waals surface area (Å²) in [6, 6.07) is 17.1. The predicted octanol–water partition coefficient (Wildman–Crippen LogP) is 3.65. The Morgan fingerprint density at radius 2 is 1.80 bits per heavy atom. The summed E-state index contributed by atoms with van der Waals surface area (Å²) in [4.78, 5) is 2.54. The van der Waals surface area contributed by atoms with Gasteiger partial charge in [0.15, 0.2) is 0 Å². The Balaban J connectivity index is 1.58. The topological polar surface area (TPSA) is 29.3 Å². The van der Waals surface area contributed by atoms with Crippen molar-refractivity contribution in [3.8, 4) is 0 Å². The molecule has 2 heteroatoms. The van der Waals surface area contributed by atoms with Gasteiger partial charge >= 0.3 is 0 Å². The monoisotopic (exact) mass is 266 g/mol. The third-order valence-corrected chi connectivity index (χ3v) is 4.08. The van der Waals surface area contributed by atoms with Crippen LogP contribution in [0, 0.1) is 0 Å². The lowest BCUT2D eigenvalue weighted by Crippen LogP contribution is -2.30. The number of benzene rings is 2. The molecular formula is C18H22N2. The predicted molar refractivity (Wildman–Crippen MR) is 86.2 cm³/mol. The van der Waals surface area contributed by atoms with Crippen LogP contribution in [0.15, 0.2) is 48.5 Å². The minimum atomic E-state index is 0.846. The van der Waals surface area contributed by atoms with E-state index >= 15 is 0 Å². The van der Waals surface area contributed by atoms with E-state index in [0.29, 0.717) is 0 Å². The number of aryl methyl sites for hydroxylation is 2. The van der Waals surface area contributed by atoms with Crippen LogP contribution in [0.5, 0.6) is 0 Å². The van der Waals surface area contributed by atoms with Crippen LogP contribution >= 0.6 is 0 Å². The molecule has 0 atom stereocenters. The molecule has 20 heavy (non-hydrogen) atoms. The highest BCUT2D eigenvalue weighted by atomic mass is 15.1. The number of nitrogens with two attached hydrogens (primary N) is 1. The van der Waals surface area contributed by atoms with Crippen LogP contribution in [0.25, 0.3) is 0 Å². The van der Waals surface area contributed by atoms with Gasteiger partial charge in [0.05, 0.1) is 0 Å². The summed E-state index contributed by atoms with van der Waals surface area (Å²) in [6.45, 7) is 2.33. The van der Waals surface area contributed by atoms with Crippen molar-refractivity contribution in [2.75, 3.05) is 23.7 Å². The van der Waals surface area contributed by atoms with Gasteiger partial charge in [0, 0.05) is 24.5 Å². The van der Waals surface area contributed by atoms with E-state index in [1.807, 2.05) is 12.1 Å². The molecule has 0 saturated heterocycles. The summed E-state index contributed by atoms with van der Waals surface area (Å²) < 4.78 is 0. The molecule has 104 valence electrons. The van der Waals surface area contributed by atoms with Crippen molar-refractivity contribution in [1.82, 2.24) is 0 Å². The van der Waals surface area contributed by atoms with Gasteiger partial charge in [0.1, 0.15) is 0 Å². The first-order chi connectivity index (χ1) is 9.83. The first-order valence-electron chi connectivity index (χ1n) is 7.50. The number of hydrogen-bond donors (Lipinski definition) is 1. The van der Waals surface area contributed by atoms with E-state index in [4.69, 9.17) is 5.73 Å². The van der Waals surface area contributed by atoms with E-state index in [9.17, 15) is 0 Å². The number of fused-ring (bicyclic) bond motifs is 1. The zero-order chi connectivity index (χ0) is 13.8. The fourth-order valence-electron chi connectivity index (χ4n) is 3.00. The first kappa shape index (κ1) is 13.0. The molecular weight excluding hydrogens is 244 g/mol. The molecule has 2 N–H and O–H groups in total. The summed E-state index contributed by atoms with van der Waals surface area (Å²) in [5.74, 6) is 0. The normalized spacial score (nSPS) is 14.1. The quantitative estimate of drug-likeness (QED) is 0.856. The average molecular weight is 266 g/mol. The Labute approximate surface area is 121 Å². The van der Waals surface area contributed by atoms with E-state index in [1.54, 1.807) is 0 Å². The second kappa shape index (κ2) is 6.00. The molecule has 2 aromatic rings. The van der Waals surface area contributed by atoms with Gasteiger partial charge < -0.3 is 10.6 Å². The molecule has 0 fully saturated rings. The molecule has 0 amide bonds. The number of hydrogen-bond acceptors (Lipinski definition) is 2. The first-order valence-corrected chi connectivity index (χ1v) is 7.50. The Bertz CT molecular complexity index is 560. The molecule has 1 aliphatic heterocycles. The molecule has 0 aliphatic carbocycles. The Hall–Kier alpha value is -1.96. The van der Waals surface area contributed by atoms with Gasteiger partial charge in [0.2, 0.25) is 0 Å². The lowest BCUT2D eigenvalue weighted by atomic mass is 10.0. The van der Waals surface area contributed by atoms with Gasteiger partial charge in [-0.05, 0) is 55.0 Å². The van der Waals surface area contributed by atoms with Crippen molar-refractivity contribution in [1.29, 1.82) is 0 Å². The Morgan fingerprint density at radius 3 is 2.65 bits per heavy atom. The van der Waals surface area contributed by atoms with Crippen molar-refractivity contribution < 1.29 is 0 Å². The van der Waals surface area contributed by atoms with Gasteiger partial charge in [0.25, 0.3) is 0 Å². The lowest BCUT2D eigenvalue weighted by molar-refractivity contribution is 0.664. The van der Waals surface area contributed by atoms with Crippen molar-refractivity contribution in [3.63, 3.8) is 0 Å². The fourth-order valence-corrected chi connectivity index (χ4v) is 3.00. The van der Waals surface area contributed by atoms with Gasteiger partial charge in [-0.15, -0.1) is 0 Å². The molecule has 0 aromatic heterocycles. The van der Waals surface area contributed by atoms with E-state index in [2.05, 4.69) is 41.3 Å². The van der Waals surface area contributed by atoms with Crippen molar-refractivity contribution in [3.05, 3.63) is 59.7 Å². The van der Waals surface area contributed by atoms with E-state index < -0.39 is 0 Å². The maximum Gasteiger partial charge on any atom is 0.0398 e. The maximum atomic E-state index is 5.72. The highest BCUT2D eigenvalue weighted by Crippen LogP contribution is 2.26. The average Bonchev–Trinajstić information content (AvgIpc) is 2.49. The van der Waals surface area contributed by atoms with Crippen LogP contribution in [0.2, 0.25) is 0 Å². The van der Waals surface area contributed by atoms with Crippen molar-refractivity contribution in [2.24, 2.45) is 0 Å². The highest BCUT2D eigenvalue weighted by Gasteiger charge is 2.15. The van der Waals surface area contributed by atoms with Gasteiger partial charge in [-0.25, -0.2) is 0 Å². The van der Waals surface area contributed by atoms with Crippen molar-refractivity contribution in [2.45, 2.75) is 25.7 Å². The molecule has 3 rings (SSSR count). The molecule has 1 heterocycles. The smallest absolute Gasteiger partial charge is 0.0398 e. The standard InChI is InChI=1S/C18H22N2/c19-17-11-9-15(10-12-17)5-3-13-20-14-4-7-16-6-1-2-8-18(16)20/h1-2,6,8-12H,3-5,7,13-14,19H2. The third kappa shape index (κ3) is 2.96. The number of nitrogen functional groups attached to an aromatic ring is 1. The summed E-state index contributed by atoms with van der Waals surface area (Å²) in [5.41, 5.74) is 10.9. The molecule has 2 nitrogen and oxygen atoms in total. The molecule has 0 unspecified atom stereocenters. The van der Waals surface area contributed by atoms with Crippen LogP contribution < -0.4 is 10.6 Å². The van der Waals surface area contributed by atoms with E-state index in [1.165, 1.54) is 42.6 Å². The maximum absolute atomic E-state index is 5.72. The molecule has 0 bridgehead atoms. The minimum absolute atomic E-state index is 0.846. The number of nitrogens with zero attached hydrogens (tertiary/aromatic N) is 1. The van der Waals surface area contributed by atoms with Crippen LogP contribution in [0.4, 0.5) is 11.4 Å². The number of para-hydroxylation sites is 1. The number of rotatable bonds is 4. The van der Waals surface area contributed by atoms with Crippen LogP contribution in [0.3, 0.4) is 0 Å².